The summed E-state index contributed by atoms with van der Waals surface area (Å²) in [7, 11) is 0. The van der Waals surface area contributed by atoms with Gasteiger partial charge in [0.15, 0.2) is 0 Å². The Balaban J connectivity index is 0.00000196. The summed E-state index contributed by atoms with van der Waals surface area (Å²) in [5.74, 6) is 0.0428. The zero-order chi connectivity index (χ0) is 17.4. The Bertz CT molecular complexity index is 767. The van der Waals surface area contributed by atoms with Crippen LogP contribution in [0.4, 0.5) is 0 Å². The van der Waals surface area contributed by atoms with Crippen molar-refractivity contribution in [3.8, 4) is 10.4 Å². The number of ether oxygens (including phenoxy) is 1. The maximum atomic E-state index is 12.2. The number of carbonyl (C=O) groups excluding carboxylic acids is 1. The molecule has 2 aromatic rings. The third-order valence-electron chi connectivity index (χ3n) is 5.34. The topological polar surface area (TPSA) is 55.6 Å². The van der Waals surface area contributed by atoms with Crippen molar-refractivity contribution in [2.75, 3.05) is 19.7 Å². The third kappa shape index (κ3) is 3.41. The van der Waals surface area contributed by atoms with Crippen LogP contribution in [0.3, 0.4) is 0 Å². The van der Waals surface area contributed by atoms with E-state index in [-0.39, 0.29) is 23.9 Å². The Morgan fingerprint density at radius 1 is 1.27 bits per heavy atom. The average Bonchev–Trinajstić information content (AvgIpc) is 3.09. The van der Waals surface area contributed by atoms with Gasteiger partial charge in [0, 0.05) is 29.3 Å². The molecule has 26 heavy (non-hydrogen) atoms. The molecule has 0 saturated carbocycles. The quantitative estimate of drug-likeness (QED) is 0.849. The number of piperidine rings is 1. The molecular formula is C20H25ClN2O2S. The Kier molecular flexibility index (Phi) is 5.72. The van der Waals surface area contributed by atoms with Crippen molar-refractivity contribution < 1.29 is 9.53 Å². The number of halogens is 1. The molecule has 0 radical (unpaired) electrons. The Morgan fingerprint density at radius 3 is 2.62 bits per heavy atom. The van der Waals surface area contributed by atoms with Crippen LogP contribution in [0.25, 0.3) is 10.4 Å². The molecule has 0 bridgehead atoms. The lowest BCUT2D eigenvalue weighted by Gasteiger charge is -2.44. The van der Waals surface area contributed by atoms with E-state index in [1.165, 1.54) is 20.9 Å². The van der Waals surface area contributed by atoms with Crippen LogP contribution < -0.4 is 5.73 Å². The van der Waals surface area contributed by atoms with Gasteiger partial charge in [-0.1, -0.05) is 30.3 Å². The molecule has 1 saturated heterocycles. The van der Waals surface area contributed by atoms with E-state index in [1.54, 1.807) is 6.92 Å². The number of likely N-dealkylation sites (tertiary alicyclic amines) is 1. The fourth-order valence-corrected chi connectivity index (χ4v) is 5.19. The highest BCUT2D eigenvalue weighted by molar-refractivity contribution is 7.15. The molecule has 1 aromatic carbocycles. The molecule has 2 N–H and O–H groups in total. The number of hydrogen-bond acceptors (Lipinski definition) is 4. The number of amides is 1. The van der Waals surface area contributed by atoms with Gasteiger partial charge < -0.3 is 15.4 Å². The number of rotatable bonds is 2. The van der Waals surface area contributed by atoms with Crippen LogP contribution in [0.1, 0.15) is 30.2 Å². The van der Waals surface area contributed by atoms with Crippen molar-refractivity contribution in [1.29, 1.82) is 0 Å². The monoisotopic (exact) mass is 392 g/mol. The molecule has 1 spiro atoms. The van der Waals surface area contributed by atoms with Crippen molar-refractivity contribution in [3.63, 3.8) is 0 Å². The van der Waals surface area contributed by atoms with Crippen molar-refractivity contribution in [3.05, 3.63) is 46.8 Å². The summed E-state index contributed by atoms with van der Waals surface area (Å²) in [6.07, 6.45) is 2.68. The molecule has 1 atom stereocenters. The molecule has 2 aliphatic heterocycles. The van der Waals surface area contributed by atoms with Gasteiger partial charge in [-0.05, 0) is 37.0 Å². The van der Waals surface area contributed by atoms with Crippen LogP contribution in [0, 0.1) is 0 Å². The largest absolute Gasteiger partial charge is 0.370 e. The van der Waals surface area contributed by atoms with Crippen molar-refractivity contribution in [2.24, 2.45) is 5.73 Å². The Hall–Kier alpha value is -1.40. The van der Waals surface area contributed by atoms with Crippen LogP contribution in [-0.4, -0.2) is 36.5 Å². The van der Waals surface area contributed by atoms with Gasteiger partial charge in [-0.3, -0.25) is 4.79 Å². The lowest BCUT2D eigenvalue weighted by molar-refractivity contribution is -0.141. The molecule has 1 aromatic heterocycles. The van der Waals surface area contributed by atoms with Crippen molar-refractivity contribution in [1.82, 2.24) is 4.90 Å². The van der Waals surface area contributed by atoms with E-state index in [2.05, 4.69) is 30.3 Å². The minimum absolute atomic E-state index is 0. The number of carbonyl (C=O) groups is 1. The van der Waals surface area contributed by atoms with Crippen LogP contribution in [0.15, 0.2) is 36.4 Å². The van der Waals surface area contributed by atoms with Crippen LogP contribution in [0.2, 0.25) is 0 Å². The zero-order valence-electron chi connectivity index (χ0n) is 14.9. The van der Waals surface area contributed by atoms with Gasteiger partial charge in [-0.25, -0.2) is 0 Å². The predicted octanol–water partition coefficient (Wildman–Crippen LogP) is 3.57. The number of fused-ring (bicyclic) bond motifs is 2. The van der Waals surface area contributed by atoms with E-state index in [0.717, 1.165) is 39.0 Å². The normalized spacial score (nSPS) is 19.5. The molecule has 0 aliphatic carbocycles. The highest BCUT2D eigenvalue weighted by Gasteiger charge is 2.43. The molecule has 1 fully saturated rings. The second kappa shape index (κ2) is 7.69. The van der Waals surface area contributed by atoms with Crippen LogP contribution in [-0.2, 0) is 21.6 Å². The SMILES string of the molecule is C[C@@H](N)C(=O)N1CCC2(CC1)OCCc1sc(-c3ccccc3)cc12.Cl. The average molecular weight is 393 g/mol. The lowest BCUT2D eigenvalue weighted by atomic mass is 9.82. The van der Waals surface area contributed by atoms with Gasteiger partial charge in [0.2, 0.25) is 5.91 Å². The van der Waals surface area contributed by atoms with Gasteiger partial charge >= 0.3 is 0 Å². The molecule has 4 nitrogen and oxygen atoms in total. The minimum Gasteiger partial charge on any atom is -0.370 e. The molecule has 2 aliphatic rings. The lowest BCUT2D eigenvalue weighted by Crippen LogP contribution is -2.51. The minimum atomic E-state index is -0.428. The number of thiophene rings is 1. The Morgan fingerprint density at radius 2 is 1.96 bits per heavy atom. The standard InChI is InChI=1S/C20H24N2O2S.ClH/c1-14(21)19(23)22-10-8-20(9-11-22)16-13-18(15-5-3-2-4-6-15)25-17(16)7-12-24-20;/h2-6,13-14H,7-12,21H2,1H3;1H/t14-;/m1./s1. The van der Waals surface area contributed by atoms with Gasteiger partial charge in [0.25, 0.3) is 0 Å². The first-order chi connectivity index (χ1) is 12.1. The number of benzene rings is 1. The molecule has 6 heteroatoms. The first-order valence-electron chi connectivity index (χ1n) is 8.96. The van der Waals surface area contributed by atoms with Crippen molar-refractivity contribution >= 4 is 29.7 Å². The Labute approximate surface area is 164 Å². The van der Waals surface area contributed by atoms with E-state index < -0.39 is 6.04 Å². The van der Waals surface area contributed by atoms with Gasteiger partial charge in [-0.2, -0.15) is 0 Å². The van der Waals surface area contributed by atoms with Gasteiger partial charge in [0.1, 0.15) is 0 Å². The number of nitrogens with two attached hydrogens (primary N) is 1. The maximum Gasteiger partial charge on any atom is 0.239 e. The summed E-state index contributed by atoms with van der Waals surface area (Å²) in [5, 5.41) is 0. The molecular weight excluding hydrogens is 368 g/mol. The first kappa shape index (κ1) is 19.4. The molecule has 140 valence electrons. The summed E-state index contributed by atoms with van der Waals surface area (Å²) >= 11 is 1.89. The predicted molar refractivity (Wildman–Crippen MR) is 108 cm³/mol. The van der Waals surface area contributed by atoms with Gasteiger partial charge in [0.05, 0.1) is 18.2 Å². The summed E-state index contributed by atoms with van der Waals surface area (Å²) in [6, 6.07) is 12.4. The van der Waals surface area contributed by atoms with E-state index in [9.17, 15) is 4.79 Å². The molecule has 0 unspecified atom stereocenters. The molecule has 1 amide bonds. The fraction of sp³-hybridized carbons (Fsp3) is 0.450. The summed E-state index contributed by atoms with van der Waals surface area (Å²) < 4.78 is 6.31. The molecule has 3 heterocycles. The second-order valence-corrected chi connectivity index (χ2v) is 8.16. The van der Waals surface area contributed by atoms with Crippen LogP contribution >= 0.6 is 23.7 Å². The molecule has 4 rings (SSSR count). The van der Waals surface area contributed by atoms with E-state index in [0.29, 0.717) is 0 Å². The zero-order valence-corrected chi connectivity index (χ0v) is 16.6. The highest BCUT2D eigenvalue weighted by atomic mass is 35.5. The van der Waals surface area contributed by atoms with E-state index >= 15 is 0 Å². The number of hydrogen-bond donors (Lipinski definition) is 1. The van der Waals surface area contributed by atoms with Crippen LogP contribution in [0.5, 0.6) is 0 Å². The first-order valence-corrected chi connectivity index (χ1v) is 9.78. The second-order valence-electron chi connectivity index (χ2n) is 7.02. The summed E-state index contributed by atoms with van der Waals surface area (Å²) in [4.78, 5) is 16.8. The summed E-state index contributed by atoms with van der Waals surface area (Å²) in [5.41, 5.74) is 8.14. The maximum absolute atomic E-state index is 12.2. The van der Waals surface area contributed by atoms with E-state index in [4.69, 9.17) is 10.5 Å². The summed E-state index contributed by atoms with van der Waals surface area (Å²) in [6.45, 7) is 3.96. The fourth-order valence-electron chi connectivity index (χ4n) is 3.95. The van der Waals surface area contributed by atoms with E-state index in [1.807, 2.05) is 22.3 Å². The van der Waals surface area contributed by atoms with Gasteiger partial charge in [-0.15, -0.1) is 23.7 Å². The number of nitrogens with zero attached hydrogens (tertiary/aromatic N) is 1. The highest BCUT2D eigenvalue weighted by Crippen LogP contribution is 2.46. The smallest absolute Gasteiger partial charge is 0.239 e. The van der Waals surface area contributed by atoms with Crippen molar-refractivity contribution in [2.45, 2.75) is 37.8 Å². The third-order valence-corrected chi connectivity index (χ3v) is 6.58.